The number of hydrogen-bond acceptors (Lipinski definition) is 3. The van der Waals surface area contributed by atoms with Crippen molar-refractivity contribution < 1.29 is 18.7 Å². The molecule has 2 amide bonds. The van der Waals surface area contributed by atoms with E-state index in [1.165, 1.54) is 37.3 Å². The summed E-state index contributed by atoms with van der Waals surface area (Å²) >= 11 is 6.03. The summed E-state index contributed by atoms with van der Waals surface area (Å²) in [6.07, 6.45) is 0. The molecule has 0 spiro atoms. The third kappa shape index (κ3) is 2.58. The predicted octanol–water partition coefficient (Wildman–Crippen LogP) is 2.62. The highest BCUT2D eigenvalue weighted by Gasteiger charge is 2.37. The first kappa shape index (κ1) is 15.3. The van der Waals surface area contributed by atoms with Gasteiger partial charge in [-0.3, -0.25) is 0 Å². The molecule has 1 heterocycles. The fourth-order valence-corrected chi connectivity index (χ4v) is 2.48. The minimum Gasteiger partial charge on any atom is -0.466 e. The highest BCUT2D eigenvalue weighted by molar-refractivity contribution is 6.31. The second-order valence-electron chi connectivity index (χ2n) is 4.57. The average Bonchev–Trinajstić information content (AvgIpc) is 2.44. The number of carbonyl (C=O) groups excluding carboxylic acids is 2. The van der Waals surface area contributed by atoms with Gasteiger partial charge in [0.15, 0.2) is 0 Å². The van der Waals surface area contributed by atoms with E-state index in [1.54, 1.807) is 6.92 Å². The van der Waals surface area contributed by atoms with Crippen LogP contribution >= 0.6 is 11.6 Å². The quantitative estimate of drug-likeness (QED) is 0.854. The lowest BCUT2D eigenvalue weighted by Gasteiger charge is -2.33. The van der Waals surface area contributed by atoms with Gasteiger partial charge in [0.1, 0.15) is 5.82 Å². The van der Waals surface area contributed by atoms with Gasteiger partial charge in [-0.25, -0.2) is 14.0 Å². The lowest BCUT2D eigenvalue weighted by Crippen LogP contribution is -2.46. The molecule has 112 valence electrons. The fourth-order valence-electron chi connectivity index (χ4n) is 2.21. The first-order chi connectivity index (χ1) is 9.88. The number of urea groups is 1. The van der Waals surface area contributed by atoms with Crippen molar-refractivity contribution in [2.24, 2.45) is 0 Å². The Morgan fingerprint density at radius 3 is 2.71 bits per heavy atom. The number of ether oxygens (including phenoxy) is 1. The Labute approximate surface area is 126 Å². The topological polar surface area (TPSA) is 58.6 Å². The van der Waals surface area contributed by atoms with E-state index in [2.05, 4.69) is 5.32 Å². The zero-order valence-electron chi connectivity index (χ0n) is 11.7. The molecule has 0 unspecified atom stereocenters. The highest BCUT2D eigenvalue weighted by Crippen LogP contribution is 2.35. The normalized spacial score (nSPS) is 18.6. The van der Waals surface area contributed by atoms with Gasteiger partial charge in [-0.2, -0.15) is 0 Å². The predicted molar refractivity (Wildman–Crippen MR) is 75.2 cm³/mol. The Morgan fingerprint density at radius 2 is 2.14 bits per heavy atom. The van der Waals surface area contributed by atoms with Crippen LogP contribution in [0.15, 0.2) is 29.5 Å². The van der Waals surface area contributed by atoms with Crippen molar-refractivity contribution in [3.63, 3.8) is 0 Å². The third-order valence-electron chi connectivity index (χ3n) is 3.45. The van der Waals surface area contributed by atoms with Gasteiger partial charge >= 0.3 is 12.0 Å². The van der Waals surface area contributed by atoms with E-state index in [0.29, 0.717) is 5.70 Å². The van der Waals surface area contributed by atoms with Gasteiger partial charge in [0.05, 0.1) is 18.7 Å². The molecule has 0 bridgehead atoms. The van der Waals surface area contributed by atoms with Crippen LogP contribution in [0.3, 0.4) is 0 Å². The van der Waals surface area contributed by atoms with E-state index >= 15 is 0 Å². The van der Waals surface area contributed by atoms with Crippen molar-refractivity contribution in [3.8, 4) is 0 Å². The highest BCUT2D eigenvalue weighted by atomic mass is 35.5. The van der Waals surface area contributed by atoms with Crippen LogP contribution in [0.4, 0.5) is 9.18 Å². The van der Waals surface area contributed by atoms with E-state index in [0.717, 1.165) is 0 Å². The standard InChI is InChI=1S/C14H14ClFN2O3/c1-7-10(13(19)21-3)12(17-14(20)18(7)2)11-8(15)5-4-6-9(11)16/h4-6,12H,1-3H3,(H,17,20)/t12-/m0/s1. The molecule has 0 aromatic heterocycles. The molecule has 1 aromatic rings. The zero-order valence-corrected chi connectivity index (χ0v) is 12.5. The molecule has 0 saturated heterocycles. The van der Waals surface area contributed by atoms with Crippen molar-refractivity contribution in [1.82, 2.24) is 10.2 Å². The molecule has 1 aliphatic rings. The van der Waals surface area contributed by atoms with Gasteiger partial charge in [-0.05, 0) is 19.1 Å². The second kappa shape index (κ2) is 5.73. The van der Waals surface area contributed by atoms with E-state index in [9.17, 15) is 14.0 Å². The SMILES string of the molecule is COC(=O)C1=C(C)N(C)C(=O)N[C@@H]1c1c(F)cccc1Cl. The van der Waals surface area contributed by atoms with Gasteiger partial charge in [-0.15, -0.1) is 0 Å². The number of esters is 1. The van der Waals surface area contributed by atoms with Crippen molar-refractivity contribution in [3.05, 3.63) is 45.9 Å². The summed E-state index contributed by atoms with van der Waals surface area (Å²) in [7, 11) is 2.73. The van der Waals surface area contributed by atoms with Gasteiger partial charge in [0.2, 0.25) is 0 Å². The summed E-state index contributed by atoms with van der Waals surface area (Å²) in [4.78, 5) is 25.2. The number of hydrogen-bond donors (Lipinski definition) is 1. The Kier molecular flexibility index (Phi) is 4.18. The number of halogens is 2. The van der Waals surface area contributed by atoms with Crippen LogP contribution in [-0.4, -0.2) is 31.1 Å². The summed E-state index contributed by atoms with van der Waals surface area (Å²) in [5.41, 5.74) is 0.571. The number of allylic oxidation sites excluding steroid dienone is 1. The number of benzene rings is 1. The van der Waals surface area contributed by atoms with Crippen LogP contribution < -0.4 is 5.32 Å². The largest absolute Gasteiger partial charge is 0.466 e. The monoisotopic (exact) mass is 312 g/mol. The fraction of sp³-hybridized carbons (Fsp3) is 0.286. The minimum absolute atomic E-state index is 0.0420. The summed E-state index contributed by atoms with van der Waals surface area (Å²) in [6.45, 7) is 1.59. The smallest absolute Gasteiger partial charge is 0.337 e. The van der Waals surface area contributed by atoms with Crippen LogP contribution in [-0.2, 0) is 9.53 Å². The zero-order chi connectivity index (χ0) is 15.7. The molecule has 21 heavy (non-hydrogen) atoms. The van der Waals surface area contributed by atoms with E-state index in [4.69, 9.17) is 16.3 Å². The first-order valence-electron chi connectivity index (χ1n) is 6.15. The molecule has 1 aromatic carbocycles. The number of carbonyl (C=O) groups is 2. The Balaban J connectivity index is 2.65. The second-order valence-corrected chi connectivity index (χ2v) is 4.97. The van der Waals surface area contributed by atoms with E-state index < -0.39 is 23.9 Å². The molecule has 1 aliphatic heterocycles. The van der Waals surface area contributed by atoms with Crippen LogP contribution in [0.25, 0.3) is 0 Å². The van der Waals surface area contributed by atoms with Crippen LogP contribution in [0, 0.1) is 5.82 Å². The van der Waals surface area contributed by atoms with E-state index in [-0.39, 0.29) is 16.2 Å². The molecule has 0 aliphatic carbocycles. The summed E-state index contributed by atoms with van der Waals surface area (Å²) < 4.78 is 18.8. The summed E-state index contributed by atoms with van der Waals surface area (Å²) in [6, 6.07) is 2.72. The molecular weight excluding hydrogens is 299 g/mol. The first-order valence-corrected chi connectivity index (χ1v) is 6.53. The number of nitrogens with zero attached hydrogens (tertiary/aromatic N) is 1. The van der Waals surface area contributed by atoms with Gasteiger partial charge in [-0.1, -0.05) is 17.7 Å². The van der Waals surface area contributed by atoms with Crippen molar-refractivity contribution in [2.75, 3.05) is 14.2 Å². The average molecular weight is 313 g/mol. The minimum atomic E-state index is -0.991. The van der Waals surface area contributed by atoms with Crippen molar-refractivity contribution >= 4 is 23.6 Å². The van der Waals surface area contributed by atoms with Crippen LogP contribution in [0.1, 0.15) is 18.5 Å². The molecule has 1 N–H and O–H groups in total. The lowest BCUT2D eigenvalue weighted by molar-refractivity contribution is -0.136. The third-order valence-corrected chi connectivity index (χ3v) is 3.78. The summed E-state index contributed by atoms with van der Waals surface area (Å²) in [5.74, 6) is -1.25. The maximum atomic E-state index is 14.1. The van der Waals surface area contributed by atoms with E-state index in [1.807, 2.05) is 0 Å². The number of methoxy groups -OCH3 is 1. The Morgan fingerprint density at radius 1 is 1.48 bits per heavy atom. The Bertz CT molecular complexity index is 625. The number of nitrogens with one attached hydrogen (secondary N) is 1. The molecule has 5 nitrogen and oxygen atoms in total. The molecule has 2 rings (SSSR count). The van der Waals surface area contributed by atoms with Crippen molar-refractivity contribution in [2.45, 2.75) is 13.0 Å². The van der Waals surface area contributed by atoms with Gasteiger partial charge < -0.3 is 15.0 Å². The Hall–Kier alpha value is -2.08. The molecule has 0 radical (unpaired) electrons. The maximum absolute atomic E-state index is 14.1. The lowest BCUT2D eigenvalue weighted by atomic mass is 9.94. The molecule has 0 saturated carbocycles. The summed E-state index contributed by atoms with van der Waals surface area (Å²) in [5, 5.41) is 2.69. The maximum Gasteiger partial charge on any atom is 0.337 e. The molecule has 0 fully saturated rings. The molecule has 1 atom stereocenters. The molecule has 7 heteroatoms. The molecular formula is C14H14ClFN2O3. The van der Waals surface area contributed by atoms with Crippen molar-refractivity contribution in [1.29, 1.82) is 0 Å². The van der Waals surface area contributed by atoms with Gasteiger partial charge in [0.25, 0.3) is 0 Å². The van der Waals surface area contributed by atoms with Crippen LogP contribution in [0.2, 0.25) is 5.02 Å². The number of rotatable bonds is 2. The number of amides is 2. The van der Waals surface area contributed by atoms with Gasteiger partial charge in [0, 0.05) is 23.3 Å². The van der Waals surface area contributed by atoms with Crippen LogP contribution in [0.5, 0.6) is 0 Å².